The summed E-state index contributed by atoms with van der Waals surface area (Å²) in [5.74, 6) is 0. The van der Waals surface area contributed by atoms with Crippen LogP contribution in [0.3, 0.4) is 0 Å². The van der Waals surface area contributed by atoms with Crippen molar-refractivity contribution in [3.63, 3.8) is 0 Å². The van der Waals surface area contributed by atoms with E-state index in [1.54, 1.807) is 0 Å². The lowest BCUT2D eigenvalue weighted by Gasteiger charge is -2.32. The Morgan fingerprint density at radius 1 is 1.75 bits per heavy atom. The summed E-state index contributed by atoms with van der Waals surface area (Å²) in [6.45, 7) is 4.24. The topological polar surface area (TPSA) is 29.3 Å². The maximum atomic E-state index is 5.56. The highest BCUT2D eigenvalue weighted by Gasteiger charge is 2.38. The second kappa shape index (κ2) is 2.92. The van der Waals surface area contributed by atoms with Crippen molar-refractivity contribution < 1.29 is 0 Å². The molecule has 0 aromatic heterocycles. The molecule has 0 amide bonds. The summed E-state index contributed by atoms with van der Waals surface area (Å²) in [5.41, 5.74) is 6.52. The molecule has 0 aromatic carbocycles. The van der Waals surface area contributed by atoms with E-state index in [4.69, 9.17) is 18.0 Å². The largest absolute Gasteiger partial charge is 0.390 e. The van der Waals surface area contributed by atoms with E-state index in [0.717, 1.165) is 5.57 Å². The molecule has 1 aliphatic heterocycles. The Hall–Kier alpha value is -0.220. The molecule has 0 saturated heterocycles. The van der Waals surface area contributed by atoms with Crippen molar-refractivity contribution in [3.8, 4) is 0 Å². The highest BCUT2D eigenvalue weighted by molar-refractivity contribution is 7.82. The van der Waals surface area contributed by atoms with Crippen LogP contribution in [-0.2, 0) is 0 Å². The predicted octanol–water partition coefficient (Wildman–Crippen LogP) is 1.18. The highest BCUT2D eigenvalue weighted by atomic mass is 32.1. The van der Waals surface area contributed by atoms with Crippen LogP contribution in [0.25, 0.3) is 0 Å². The molecule has 4 heteroatoms. The summed E-state index contributed by atoms with van der Waals surface area (Å²) in [6.07, 6.45) is 1.97. The quantitative estimate of drug-likeness (QED) is 0.494. The Morgan fingerprint density at radius 2 is 2.25 bits per heavy atom. The van der Waals surface area contributed by atoms with Gasteiger partial charge in [-0.3, -0.25) is 0 Å². The van der Waals surface area contributed by atoms with Gasteiger partial charge >= 0.3 is 0 Å². The lowest BCUT2D eigenvalue weighted by atomic mass is 9.98. The van der Waals surface area contributed by atoms with E-state index >= 15 is 0 Å². The summed E-state index contributed by atoms with van der Waals surface area (Å²) in [5, 5.41) is 0.111. The molecule has 0 aliphatic carbocycles. The van der Waals surface area contributed by atoms with Crippen LogP contribution in [0.15, 0.2) is 11.8 Å². The minimum absolute atomic E-state index is 0.00186. The molecule has 1 unspecified atom stereocenters. The van der Waals surface area contributed by atoms with E-state index in [1.165, 1.54) is 0 Å². The van der Waals surface area contributed by atoms with Crippen molar-refractivity contribution in [3.05, 3.63) is 11.8 Å². The number of hydrogen-bond donors (Lipinski definition) is 2. The number of hydrogen-bond acceptors (Lipinski definition) is 3. The Balaban J connectivity index is 2.97. The second-order valence-electron chi connectivity index (χ2n) is 3.62. The van der Waals surface area contributed by atoms with Gasteiger partial charge in [0.25, 0.3) is 0 Å². The normalized spacial score (nSPS) is 27.2. The summed E-state index contributed by atoms with van der Waals surface area (Å²) in [4.78, 5) is 2.55. The lowest BCUT2D eigenvalue weighted by molar-refractivity contribution is 0.258. The number of rotatable bonds is 1. The van der Waals surface area contributed by atoms with Crippen LogP contribution in [0.4, 0.5) is 0 Å². The zero-order valence-corrected chi connectivity index (χ0v) is 9.25. The van der Waals surface area contributed by atoms with Crippen molar-refractivity contribution in [2.45, 2.75) is 24.6 Å². The SMILES string of the molecule is CN1C=C(C(N)=S)C(S)C1(C)C. The third-order valence-electron chi connectivity index (χ3n) is 2.49. The predicted molar refractivity (Wildman–Crippen MR) is 59.5 cm³/mol. The van der Waals surface area contributed by atoms with E-state index < -0.39 is 0 Å². The van der Waals surface area contributed by atoms with E-state index in [1.807, 2.05) is 13.2 Å². The van der Waals surface area contributed by atoms with Crippen molar-refractivity contribution in [2.75, 3.05) is 7.05 Å². The first-order valence-electron chi connectivity index (χ1n) is 3.80. The maximum absolute atomic E-state index is 5.56. The molecule has 0 radical (unpaired) electrons. The van der Waals surface area contributed by atoms with Crippen LogP contribution in [0, 0.1) is 0 Å². The fraction of sp³-hybridized carbons (Fsp3) is 0.625. The molecule has 0 fully saturated rings. The van der Waals surface area contributed by atoms with E-state index in [2.05, 4.69) is 31.4 Å². The summed E-state index contributed by atoms with van der Waals surface area (Å²) in [6, 6.07) is 0. The van der Waals surface area contributed by atoms with Crippen LogP contribution in [-0.4, -0.2) is 27.7 Å². The van der Waals surface area contributed by atoms with Crippen molar-refractivity contribution in [1.29, 1.82) is 0 Å². The monoisotopic (exact) mass is 202 g/mol. The fourth-order valence-electron chi connectivity index (χ4n) is 1.22. The average Bonchev–Trinajstić information content (AvgIpc) is 2.13. The smallest absolute Gasteiger partial charge is 0.102 e. The molecule has 12 heavy (non-hydrogen) atoms. The van der Waals surface area contributed by atoms with Gasteiger partial charge in [-0.15, -0.1) is 0 Å². The number of thiocarbonyl (C=S) groups is 1. The maximum Gasteiger partial charge on any atom is 0.102 e. The molecule has 1 aliphatic rings. The molecule has 0 aromatic rings. The van der Waals surface area contributed by atoms with Gasteiger partial charge in [-0.2, -0.15) is 12.6 Å². The Morgan fingerprint density at radius 3 is 2.42 bits per heavy atom. The van der Waals surface area contributed by atoms with Crippen LogP contribution in [0.5, 0.6) is 0 Å². The van der Waals surface area contributed by atoms with E-state index in [0.29, 0.717) is 4.99 Å². The minimum Gasteiger partial charge on any atom is -0.390 e. The Bertz CT molecular complexity index is 245. The standard InChI is InChI=1S/C8H14N2S2/c1-8(2)6(11)5(7(9)12)4-10(8)3/h4,6,11H,1-3H3,(H2,9,12). The minimum atomic E-state index is 0.00186. The molecule has 68 valence electrons. The summed E-state index contributed by atoms with van der Waals surface area (Å²) >= 11 is 9.41. The first-order valence-corrected chi connectivity index (χ1v) is 4.72. The Kier molecular flexibility index (Phi) is 2.40. The summed E-state index contributed by atoms with van der Waals surface area (Å²) in [7, 11) is 2.01. The van der Waals surface area contributed by atoms with E-state index in [9.17, 15) is 0 Å². The first kappa shape index (κ1) is 9.86. The van der Waals surface area contributed by atoms with Gasteiger partial charge in [-0.25, -0.2) is 0 Å². The number of thiol groups is 1. The zero-order valence-electron chi connectivity index (χ0n) is 7.53. The molecule has 0 bridgehead atoms. The third-order valence-corrected chi connectivity index (χ3v) is 3.64. The molecule has 1 rings (SSSR count). The van der Waals surface area contributed by atoms with Crippen molar-refractivity contribution >= 4 is 29.8 Å². The third kappa shape index (κ3) is 1.33. The molecule has 0 saturated carbocycles. The van der Waals surface area contributed by atoms with Gasteiger partial charge in [0.05, 0.1) is 5.25 Å². The number of nitrogens with zero attached hydrogens (tertiary/aromatic N) is 1. The van der Waals surface area contributed by atoms with Crippen molar-refractivity contribution in [2.24, 2.45) is 5.73 Å². The fourth-order valence-corrected chi connectivity index (χ4v) is 1.86. The molecular weight excluding hydrogens is 188 g/mol. The van der Waals surface area contributed by atoms with Gasteiger partial charge in [-0.1, -0.05) is 12.2 Å². The van der Waals surface area contributed by atoms with Crippen LogP contribution < -0.4 is 5.73 Å². The zero-order chi connectivity index (χ0) is 9.52. The van der Waals surface area contributed by atoms with Crippen LogP contribution in [0.2, 0.25) is 0 Å². The highest BCUT2D eigenvalue weighted by Crippen LogP contribution is 2.34. The molecular formula is C8H14N2S2. The lowest BCUT2D eigenvalue weighted by Crippen LogP contribution is -2.41. The molecule has 2 N–H and O–H groups in total. The Labute approximate surface area is 84.2 Å². The van der Waals surface area contributed by atoms with Crippen LogP contribution in [0.1, 0.15) is 13.8 Å². The molecule has 1 heterocycles. The van der Waals surface area contributed by atoms with Gasteiger partial charge in [0.2, 0.25) is 0 Å². The number of nitrogens with two attached hydrogens (primary N) is 1. The molecule has 0 spiro atoms. The average molecular weight is 202 g/mol. The molecule has 1 atom stereocenters. The van der Waals surface area contributed by atoms with Crippen molar-refractivity contribution in [1.82, 2.24) is 4.90 Å². The van der Waals surface area contributed by atoms with Gasteiger partial charge in [0.1, 0.15) is 4.99 Å². The second-order valence-corrected chi connectivity index (χ2v) is 4.57. The van der Waals surface area contributed by atoms with Gasteiger partial charge < -0.3 is 10.6 Å². The summed E-state index contributed by atoms with van der Waals surface area (Å²) < 4.78 is 0. The van der Waals surface area contributed by atoms with Crippen LogP contribution >= 0.6 is 24.8 Å². The van der Waals surface area contributed by atoms with E-state index in [-0.39, 0.29) is 10.8 Å². The van der Waals surface area contributed by atoms with Gasteiger partial charge in [-0.05, 0) is 13.8 Å². The van der Waals surface area contributed by atoms with Gasteiger partial charge in [0, 0.05) is 24.4 Å². The first-order chi connectivity index (χ1) is 5.37. The molecule has 2 nitrogen and oxygen atoms in total. The van der Waals surface area contributed by atoms with Gasteiger partial charge in [0.15, 0.2) is 0 Å².